The highest BCUT2D eigenvalue weighted by Crippen LogP contribution is 2.36. The molecule has 2 aromatic heterocycles. The molecule has 0 fully saturated rings. The summed E-state index contributed by atoms with van der Waals surface area (Å²) in [6.45, 7) is 3.66. The van der Waals surface area contributed by atoms with Gasteiger partial charge in [-0.3, -0.25) is 25.7 Å². The summed E-state index contributed by atoms with van der Waals surface area (Å²) in [7, 11) is 0. The number of aryl methyl sites for hydroxylation is 2. The summed E-state index contributed by atoms with van der Waals surface area (Å²) in [5, 5.41) is 27.3. The first-order chi connectivity index (χ1) is 15.8. The molecule has 0 spiro atoms. The number of nitro groups is 2. The van der Waals surface area contributed by atoms with Crippen LogP contribution in [0.1, 0.15) is 24.9 Å². The fourth-order valence-corrected chi connectivity index (χ4v) is 3.50. The van der Waals surface area contributed by atoms with Crippen LogP contribution in [-0.2, 0) is 6.42 Å². The van der Waals surface area contributed by atoms with Crippen molar-refractivity contribution < 1.29 is 18.7 Å². The molecule has 0 aliphatic heterocycles. The number of nitrogens with zero attached hydrogens (tertiary/aromatic N) is 3. The van der Waals surface area contributed by atoms with E-state index in [0.29, 0.717) is 18.6 Å². The Morgan fingerprint density at radius 3 is 2.52 bits per heavy atom. The summed E-state index contributed by atoms with van der Waals surface area (Å²) in [4.78, 5) is 20.8. The molecule has 0 bridgehead atoms. The molecule has 0 radical (unpaired) electrons. The molecule has 2 aromatic carbocycles. The van der Waals surface area contributed by atoms with Crippen molar-refractivity contribution in [3.63, 3.8) is 0 Å². The number of benzene rings is 2. The van der Waals surface area contributed by atoms with Gasteiger partial charge in [-0.15, -0.1) is 0 Å². The van der Waals surface area contributed by atoms with Crippen LogP contribution in [0.4, 0.5) is 17.1 Å². The van der Waals surface area contributed by atoms with Gasteiger partial charge in [0, 0.05) is 23.6 Å². The molecule has 0 saturated carbocycles. The second kappa shape index (κ2) is 8.95. The van der Waals surface area contributed by atoms with Gasteiger partial charge in [0.2, 0.25) is 0 Å². The van der Waals surface area contributed by atoms with E-state index in [9.17, 15) is 20.2 Å². The largest absolute Gasteiger partial charge is 0.461 e. The number of nitro benzene ring substituents is 2. The summed E-state index contributed by atoms with van der Waals surface area (Å²) < 4.78 is 11.9. The number of rotatable bonds is 8. The fourth-order valence-electron chi connectivity index (χ4n) is 3.50. The Labute approximate surface area is 187 Å². The van der Waals surface area contributed by atoms with E-state index in [4.69, 9.17) is 8.83 Å². The predicted octanol–water partition coefficient (Wildman–Crippen LogP) is 6.24. The summed E-state index contributed by atoms with van der Waals surface area (Å²) in [5.74, 6) is 2.27. The molecule has 0 aliphatic carbocycles. The first-order valence-corrected chi connectivity index (χ1v) is 10.1. The van der Waals surface area contributed by atoms with Gasteiger partial charge >= 0.3 is 5.69 Å². The van der Waals surface area contributed by atoms with Crippen LogP contribution >= 0.6 is 0 Å². The van der Waals surface area contributed by atoms with Crippen molar-refractivity contribution in [1.82, 2.24) is 0 Å². The summed E-state index contributed by atoms with van der Waals surface area (Å²) in [5.41, 5.74) is 4.25. The molecule has 2 heterocycles. The van der Waals surface area contributed by atoms with Crippen LogP contribution in [0.3, 0.4) is 0 Å². The van der Waals surface area contributed by atoms with Crippen molar-refractivity contribution in [2.45, 2.75) is 26.7 Å². The van der Waals surface area contributed by atoms with Crippen LogP contribution in [0, 0.1) is 27.2 Å². The number of hydrogen-bond donors (Lipinski definition) is 1. The van der Waals surface area contributed by atoms with Crippen molar-refractivity contribution in [1.29, 1.82) is 0 Å². The first-order valence-electron chi connectivity index (χ1n) is 10.1. The van der Waals surface area contributed by atoms with Gasteiger partial charge < -0.3 is 8.83 Å². The lowest BCUT2D eigenvalue weighted by Crippen LogP contribution is -2.02. The lowest BCUT2D eigenvalue weighted by molar-refractivity contribution is -0.393. The molecule has 168 valence electrons. The Morgan fingerprint density at radius 1 is 1.03 bits per heavy atom. The Bertz CT molecular complexity index is 1380. The number of nitrogens with one attached hydrogen (secondary N) is 1. The molecular formula is C23H20N4O6. The Kier molecular flexibility index (Phi) is 5.90. The summed E-state index contributed by atoms with van der Waals surface area (Å²) in [6, 6.07) is 14.9. The van der Waals surface area contributed by atoms with Crippen LogP contribution in [0.5, 0.6) is 0 Å². The van der Waals surface area contributed by atoms with Crippen LogP contribution in [0.25, 0.3) is 22.3 Å². The fraction of sp³-hybridized carbons (Fsp3) is 0.174. The van der Waals surface area contributed by atoms with E-state index in [0.717, 1.165) is 39.9 Å². The lowest BCUT2D eigenvalue weighted by atomic mass is 10.0. The van der Waals surface area contributed by atoms with Gasteiger partial charge in [0.05, 0.1) is 21.5 Å². The monoisotopic (exact) mass is 448 g/mol. The van der Waals surface area contributed by atoms with E-state index in [1.165, 1.54) is 12.1 Å². The van der Waals surface area contributed by atoms with Crippen molar-refractivity contribution in [2.24, 2.45) is 5.10 Å². The number of furan rings is 2. The summed E-state index contributed by atoms with van der Waals surface area (Å²) >= 11 is 0. The topological polar surface area (TPSA) is 137 Å². The third kappa shape index (κ3) is 4.59. The predicted molar refractivity (Wildman–Crippen MR) is 123 cm³/mol. The molecule has 10 nitrogen and oxygen atoms in total. The van der Waals surface area contributed by atoms with Gasteiger partial charge in [0.15, 0.2) is 0 Å². The highest BCUT2D eigenvalue weighted by molar-refractivity contribution is 5.94. The molecule has 33 heavy (non-hydrogen) atoms. The molecule has 0 unspecified atom stereocenters. The maximum absolute atomic E-state index is 11.3. The number of non-ortho nitro benzene ring substituents is 1. The molecule has 10 heteroatoms. The summed E-state index contributed by atoms with van der Waals surface area (Å²) in [6.07, 6.45) is 1.05. The van der Waals surface area contributed by atoms with E-state index >= 15 is 0 Å². The SMILES string of the molecule is C/C(CCc1oc2ccccc2c1-c1ccc(C)o1)=N/Nc1ccc([N+](=O)[O-])cc1[N+](=O)[O-]. The minimum atomic E-state index is -0.688. The average Bonchev–Trinajstić information content (AvgIpc) is 3.38. The number of hydrazone groups is 1. The maximum Gasteiger partial charge on any atom is 0.301 e. The highest BCUT2D eigenvalue weighted by atomic mass is 16.6. The maximum atomic E-state index is 11.3. The molecular weight excluding hydrogens is 428 g/mol. The van der Waals surface area contributed by atoms with Crippen LogP contribution in [-0.4, -0.2) is 15.6 Å². The molecule has 4 rings (SSSR count). The number of hydrogen-bond acceptors (Lipinski definition) is 8. The zero-order chi connectivity index (χ0) is 23.5. The lowest BCUT2D eigenvalue weighted by Gasteiger charge is -2.05. The van der Waals surface area contributed by atoms with E-state index in [-0.39, 0.29) is 11.4 Å². The third-order valence-electron chi connectivity index (χ3n) is 5.13. The average molecular weight is 448 g/mol. The van der Waals surface area contributed by atoms with Crippen LogP contribution in [0.15, 0.2) is 68.5 Å². The first kappa shape index (κ1) is 21.8. The minimum absolute atomic E-state index is 0.0698. The zero-order valence-electron chi connectivity index (χ0n) is 17.9. The molecule has 4 aromatic rings. The van der Waals surface area contributed by atoms with Crippen molar-refractivity contribution in [2.75, 3.05) is 5.43 Å². The van der Waals surface area contributed by atoms with E-state index < -0.39 is 15.5 Å². The van der Waals surface area contributed by atoms with Crippen LogP contribution < -0.4 is 5.43 Å². The second-order valence-electron chi connectivity index (χ2n) is 7.48. The van der Waals surface area contributed by atoms with E-state index in [1.807, 2.05) is 43.3 Å². The van der Waals surface area contributed by atoms with Crippen LogP contribution in [0.2, 0.25) is 0 Å². The van der Waals surface area contributed by atoms with Crippen molar-refractivity contribution in [3.05, 3.63) is 86.3 Å². The Hall–Kier alpha value is -4.47. The standard InChI is InChI=1S/C23H20N4O6/c1-14(24-25-18-10-9-16(26(28)29)13-19(18)27(30)31)7-11-22-23(21-12-8-15(2)32-21)17-5-3-4-6-20(17)33-22/h3-6,8-10,12-13,25H,7,11H2,1-2H3/b24-14-. The molecule has 0 saturated heterocycles. The second-order valence-corrected chi connectivity index (χ2v) is 7.48. The molecule has 0 aliphatic rings. The number of fused-ring (bicyclic) bond motifs is 1. The Morgan fingerprint density at radius 2 is 1.82 bits per heavy atom. The third-order valence-corrected chi connectivity index (χ3v) is 5.13. The molecule has 0 amide bonds. The van der Waals surface area contributed by atoms with Crippen molar-refractivity contribution in [3.8, 4) is 11.3 Å². The van der Waals surface area contributed by atoms with Gasteiger partial charge in [0.1, 0.15) is 28.6 Å². The Balaban J connectivity index is 1.55. The highest BCUT2D eigenvalue weighted by Gasteiger charge is 2.20. The van der Waals surface area contributed by atoms with Gasteiger partial charge in [-0.1, -0.05) is 18.2 Å². The van der Waals surface area contributed by atoms with Gasteiger partial charge in [-0.25, -0.2) is 0 Å². The van der Waals surface area contributed by atoms with Crippen molar-refractivity contribution >= 4 is 33.7 Å². The molecule has 0 atom stereocenters. The quantitative estimate of drug-likeness (QED) is 0.191. The zero-order valence-corrected chi connectivity index (χ0v) is 17.9. The normalized spacial score (nSPS) is 11.6. The van der Waals surface area contributed by atoms with E-state index in [1.54, 1.807) is 6.92 Å². The van der Waals surface area contributed by atoms with Gasteiger partial charge in [-0.05, 0) is 44.5 Å². The number of anilines is 1. The van der Waals surface area contributed by atoms with E-state index in [2.05, 4.69) is 10.5 Å². The van der Waals surface area contributed by atoms with Gasteiger partial charge in [-0.2, -0.15) is 5.10 Å². The van der Waals surface area contributed by atoms with Gasteiger partial charge in [0.25, 0.3) is 5.69 Å². The number of para-hydroxylation sites is 1. The smallest absolute Gasteiger partial charge is 0.301 e. The minimum Gasteiger partial charge on any atom is -0.461 e. The molecule has 1 N–H and O–H groups in total.